The highest BCUT2D eigenvalue weighted by Crippen LogP contribution is 2.23. The van der Waals surface area contributed by atoms with E-state index in [1.54, 1.807) is 6.08 Å². The van der Waals surface area contributed by atoms with E-state index in [1.807, 2.05) is 0 Å². The number of hydrogen-bond acceptors (Lipinski definition) is 2. The van der Waals surface area contributed by atoms with Crippen molar-refractivity contribution in [1.29, 1.82) is 0 Å². The number of nitrogens with zero attached hydrogens (tertiary/aromatic N) is 3. The minimum absolute atomic E-state index is 0.644. The molecule has 1 aromatic heterocycles. The molecule has 0 aliphatic rings. The van der Waals surface area contributed by atoms with Crippen LogP contribution in [0.15, 0.2) is 85.1 Å². The Labute approximate surface area is 230 Å². The van der Waals surface area contributed by atoms with Gasteiger partial charge in [0.25, 0.3) is 0 Å². The minimum atomic E-state index is 0.644. The highest BCUT2D eigenvalue weighted by atomic mass is 35.5. The minimum Gasteiger partial charge on any atom is -0.329 e. The van der Waals surface area contributed by atoms with Crippen molar-refractivity contribution < 1.29 is 0 Å². The SMILES string of the molecule is C=C(CCCc1ccc(C)cc1)N(CCC)c1cc(C)n(Cc2cc(C)ccc2C)n1.C=CCC(=C)Cl. The monoisotopic (exact) mass is 517 g/mol. The fourth-order valence-corrected chi connectivity index (χ4v) is 4.23. The molecule has 0 aliphatic carbocycles. The molecule has 4 heteroatoms. The molecule has 0 aliphatic heterocycles. The molecule has 0 saturated carbocycles. The summed E-state index contributed by atoms with van der Waals surface area (Å²) in [6.45, 7) is 23.9. The molecule has 0 N–H and O–H groups in total. The highest BCUT2D eigenvalue weighted by molar-refractivity contribution is 6.29. The van der Waals surface area contributed by atoms with Crippen molar-refractivity contribution in [2.75, 3.05) is 11.4 Å². The van der Waals surface area contributed by atoms with E-state index in [9.17, 15) is 0 Å². The highest BCUT2D eigenvalue weighted by Gasteiger charge is 2.15. The number of hydrogen-bond donors (Lipinski definition) is 0. The predicted octanol–water partition coefficient (Wildman–Crippen LogP) is 9.23. The van der Waals surface area contributed by atoms with Gasteiger partial charge in [-0.05, 0) is 70.1 Å². The standard InChI is InChI=1S/C28H37N3.C5H7Cl/c1-7-17-30(24(5)9-8-10-26-15-12-21(2)13-16-26)28-19-25(6)31(29-28)20-27-18-22(3)11-14-23(27)4;1-3-4-5(2)6/h11-16,18-19H,5,7-10,17,20H2,1-4,6H3;3H,1-2,4H2. The van der Waals surface area contributed by atoms with Crippen LogP contribution in [0.1, 0.15) is 66.1 Å². The summed E-state index contributed by atoms with van der Waals surface area (Å²) < 4.78 is 2.12. The molecule has 3 rings (SSSR count). The van der Waals surface area contributed by atoms with Gasteiger partial charge in [0, 0.05) is 35.5 Å². The molecular weight excluding hydrogens is 474 g/mol. The summed E-state index contributed by atoms with van der Waals surface area (Å²) in [5, 5.41) is 5.62. The van der Waals surface area contributed by atoms with Crippen molar-refractivity contribution in [2.45, 2.75) is 73.3 Å². The second-order valence-electron chi connectivity index (χ2n) is 9.80. The zero-order valence-electron chi connectivity index (χ0n) is 23.5. The molecule has 0 radical (unpaired) electrons. The van der Waals surface area contributed by atoms with E-state index in [0.29, 0.717) is 11.5 Å². The van der Waals surface area contributed by atoms with Crippen molar-refractivity contribution >= 4 is 17.4 Å². The average molecular weight is 518 g/mol. The first-order chi connectivity index (χ1) is 17.6. The Bertz CT molecular complexity index is 1170. The number of aryl methyl sites for hydroxylation is 5. The molecule has 0 amide bonds. The molecule has 0 fully saturated rings. The molecule has 0 bridgehead atoms. The van der Waals surface area contributed by atoms with Gasteiger partial charge < -0.3 is 4.90 Å². The van der Waals surface area contributed by atoms with E-state index in [1.165, 1.54) is 33.5 Å². The van der Waals surface area contributed by atoms with Gasteiger partial charge in [0.2, 0.25) is 0 Å². The third-order valence-corrected chi connectivity index (χ3v) is 6.47. The number of halogens is 1. The van der Waals surface area contributed by atoms with E-state index in [0.717, 1.165) is 50.3 Å². The Morgan fingerprint density at radius 2 is 1.68 bits per heavy atom. The van der Waals surface area contributed by atoms with E-state index >= 15 is 0 Å². The van der Waals surface area contributed by atoms with E-state index < -0.39 is 0 Å². The summed E-state index contributed by atoms with van der Waals surface area (Å²) in [6.07, 6.45) is 6.66. The summed E-state index contributed by atoms with van der Waals surface area (Å²) in [5.41, 5.74) is 8.99. The zero-order valence-corrected chi connectivity index (χ0v) is 24.2. The molecule has 3 nitrogen and oxygen atoms in total. The molecule has 1 heterocycles. The Morgan fingerprint density at radius 3 is 2.27 bits per heavy atom. The third-order valence-electron chi connectivity index (χ3n) is 6.32. The van der Waals surface area contributed by atoms with Gasteiger partial charge in [-0.3, -0.25) is 4.68 Å². The Kier molecular flexibility index (Phi) is 12.5. The van der Waals surface area contributed by atoms with Crippen molar-refractivity contribution in [3.8, 4) is 0 Å². The Balaban J connectivity index is 0.000000717. The van der Waals surface area contributed by atoms with Gasteiger partial charge in [-0.25, -0.2) is 0 Å². The lowest BCUT2D eigenvalue weighted by Crippen LogP contribution is -2.23. The molecule has 3 aromatic rings. The smallest absolute Gasteiger partial charge is 0.155 e. The van der Waals surface area contributed by atoms with Gasteiger partial charge in [-0.2, -0.15) is 5.10 Å². The molecule has 37 heavy (non-hydrogen) atoms. The summed E-state index contributed by atoms with van der Waals surface area (Å²) in [5.74, 6) is 1.02. The number of aromatic nitrogens is 2. The fraction of sp³-hybridized carbons (Fsp3) is 0.364. The second kappa shape index (κ2) is 15.3. The van der Waals surface area contributed by atoms with Crippen LogP contribution in [0, 0.1) is 27.7 Å². The fourth-order valence-electron chi connectivity index (χ4n) is 4.12. The maximum Gasteiger partial charge on any atom is 0.155 e. The van der Waals surface area contributed by atoms with Gasteiger partial charge in [0.05, 0.1) is 6.54 Å². The molecular formula is C33H44ClN3. The number of benzene rings is 2. The first kappa shape index (κ1) is 30.2. The lowest BCUT2D eigenvalue weighted by Gasteiger charge is -2.24. The summed E-state index contributed by atoms with van der Waals surface area (Å²) in [4.78, 5) is 2.31. The molecule has 0 unspecified atom stereocenters. The Morgan fingerprint density at radius 1 is 1.00 bits per heavy atom. The largest absolute Gasteiger partial charge is 0.329 e. The third kappa shape index (κ3) is 10.1. The number of rotatable bonds is 12. The van der Waals surface area contributed by atoms with Crippen LogP contribution >= 0.6 is 11.6 Å². The van der Waals surface area contributed by atoms with Crippen molar-refractivity contribution in [3.63, 3.8) is 0 Å². The van der Waals surface area contributed by atoms with E-state index in [4.69, 9.17) is 16.7 Å². The molecule has 2 aromatic carbocycles. The van der Waals surface area contributed by atoms with Crippen LogP contribution in [0.2, 0.25) is 0 Å². The van der Waals surface area contributed by atoms with Gasteiger partial charge >= 0.3 is 0 Å². The van der Waals surface area contributed by atoms with Crippen LogP contribution in [-0.2, 0) is 13.0 Å². The van der Waals surface area contributed by atoms with Gasteiger partial charge in [0.1, 0.15) is 0 Å². The van der Waals surface area contributed by atoms with Crippen LogP contribution in [0.25, 0.3) is 0 Å². The maximum atomic E-state index is 5.31. The van der Waals surface area contributed by atoms with Crippen LogP contribution in [0.3, 0.4) is 0 Å². The van der Waals surface area contributed by atoms with Gasteiger partial charge in [0.15, 0.2) is 5.82 Å². The van der Waals surface area contributed by atoms with Gasteiger partial charge in [-0.15, -0.1) is 6.58 Å². The van der Waals surface area contributed by atoms with E-state index in [-0.39, 0.29) is 0 Å². The summed E-state index contributed by atoms with van der Waals surface area (Å²) >= 11 is 5.31. The lowest BCUT2D eigenvalue weighted by atomic mass is 10.1. The van der Waals surface area contributed by atoms with E-state index in [2.05, 4.69) is 112 Å². The lowest BCUT2D eigenvalue weighted by molar-refractivity contribution is 0.654. The molecule has 0 spiro atoms. The van der Waals surface area contributed by atoms with Gasteiger partial charge in [-0.1, -0.05) is 91.4 Å². The van der Waals surface area contributed by atoms with Crippen molar-refractivity contribution in [2.24, 2.45) is 0 Å². The van der Waals surface area contributed by atoms with Crippen LogP contribution in [-0.4, -0.2) is 16.3 Å². The quantitative estimate of drug-likeness (QED) is 0.223. The topological polar surface area (TPSA) is 21.1 Å². The molecule has 0 atom stereocenters. The van der Waals surface area contributed by atoms with Crippen molar-refractivity contribution in [1.82, 2.24) is 9.78 Å². The average Bonchev–Trinajstić information content (AvgIpc) is 3.21. The van der Waals surface area contributed by atoms with Crippen LogP contribution in [0.4, 0.5) is 5.82 Å². The number of anilines is 1. The first-order valence-corrected chi connectivity index (χ1v) is 13.6. The summed E-state index contributed by atoms with van der Waals surface area (Å²) in [6, 6.07) is 17.7. The molecule has 198 valence electrons. The first-order valence-electron chi connectivity index (χ1n) is 13.2. The second-order valence-corrected chi connectivity index (χ2v) is 10.3. The predicted molar refractivity (Wildman–Crippen MR) is 163 cm³/mol. The Hall–Kier alpha value is -3.04. The van der Waals surface area contributed by atoms with Crippen LogP contribution in [0.5, 0.6) is 0 Å². The van der Waals surface area contributed by atoms with Crippen molar-refractivity contribution in [3.05, 3.63) is 119 Å². The molecule has 0 saturated heterocycles. The van der Waals surface area contributed by atoms with Crippen LogP contribution < -0.4 is 4.90 Å². The number of allylic oxidation sites excluding steroid dienone is 3. The maximum absolute atomic E-state index is 5.31. The normalized spacial score (nSPS) is 10.4. The zero-order chi connectivity index (χ0) is 27.4. The summed E-state index contributed by atoms with van der Waals surface area (Å²) in [7, 11) is 0.